The molecule has 0 atom stereocenters. The smallest absolute Gasteiger partial charge is 0.355 e. The number of nitrogens with two attached hydrogens (primary N) is 2. The summed E-state index contributed by atoms with van der Waals surface area (Å²) in [5.74, 6) is 7.66. The van der Waals surface area contributed by atoms with Gasteiger partial charge in [-0.3, -0.25) is 4.79 Å². The number of esters is 1. The van der Waals surface area contributed by atoms with Crippen LogP contribution >= 0.6 is 0 Å². The zero-order chi connectivity index (χ0) is 30.5. The fourth-order valence-electron chi connectivity index (χ4n) is 4.70. The molecule has 0 aliphatic rings. The summed E-state index contributed by atoms with van der Waals surface area (Å²) in [4.78, 5) is 33.9. The summed E-state index contributed by atoms with van der Waals surface area (Å²) in [7, 11) is 3.08. The predicted molar refractivity (Wildman–Crippen MR) is 161 cm³/mol. The molecule has 0 radical (unpaired) electrons. The third-order valence-corrected chi connectivity index (χ3v) is 6.68. The molecular weight excluding hydrogens is 550 g/mol. The molecule has 0 bridgehead atoms. The zero-order valence-corrected chi connectivity index (χ0v) is 23.8. The van der Waals surface area contributed by atoms with Gasteiger partial charge in [0.1, 0.15) is 17.3 Å². The largest absolute Gasteiger partial charge is 0.493 e. The van der Waals surface area contributed by atoms with Crippen LogP contribution < -0.4 is 26.4 Å². The highest BCUT2D eigenvalue weighted by Crippen LogP contribution is 2.33. The molecule has 0 saturated carbocycles. The highest BCUT2D eigenvalue weighted by Gasteiger charge is 2.18. The van der Waals surface area contributed by atoms with Crippen LogP contribution in [0.1, 0.15) is 45.4 Å². The van der Waals surface area contributed by atoms with Crippen molar-refractivity contribution in [1.29, 1.82) is 0 Å². The molecule has 2 aromatic carbocycles. The predicted octanol–water partition coefficient (Wildman–Crippen LogP) is 3.78. The number of carbonyl (C=O) groups is 1. The second kappa shape index (κ2) is 12.4. The van der Waals surface area contributed by atoms with Crippen molar-refractivity contribution in [3.05, 3.63) is 105 Å². The Kier molecular flexibility index (Phi) is 8.29. The molecular formula is C32H29N5O6. The van der Waals surface area contributed by atoms with E-state index in [1.165, 1.54) is 13.2 Å². The first kappa shape index (κ1) is 28.8. The summed E-state index contributed by atoms with van der Waals surface area (Å²) in [5.41, 5.74) is 14.7. The molecule has 0 aliphatic heterocycles. The van der Waals surface area contributed by atoms with E-state index in [-0.39, 0.29) is 36.0 Å². The number of rotatable bonds is 8. The van der Waals surface area contributed by atoms with E-state index < -0.39 is 5.97 Å². The lowest BCUT2D eigenvalue weighted by Crippen LogP contribution is -2.20. The number of methoxy groups -OCH3 is 2. The van der Waals surface area contributed by atoms with E-state index in [2.05, 4.69) is 21.8 Å². The average Bonchev–Trinajstić information content (AvgIpc) is 3.52. The fourth-order valence-corrected chi connectivity index (χ4v) is 4.70. The lowest BCUT2D eigenvalue weighted by molar-refractivity contribution is 0.0513. The molecule has 3 aromatic heterocycles. The van der Waals surface area contributed by atoms with Gasteiger partial charge in [-0.05, 0) is 55.0 Å². The number of furan rings is 1. The number of carbonyl (C=O) groups excluding carboxylic acids is 1. The summed E-state index contributed by atoms with van der Waals surface area (Å²) in [6.45, 7) is 2.08. The molecule has 4 N–H and O–H groups in total. The molecule has 3 heterocycles. The molecule has 0 amide bonds. The van der Waals surface area contributed by atoms with E-state index in [1.54, 1.807) is 61.4 Å². The third-order valence-electron chi connectivity index (χ3n) is 6.68. The molecule has 5 aromatic rings. The molecule has 0 saturated heterocycles. The van der Waals surface area contributed by atoms with Crippen LogP contribution in [0.5, 0.6) is 11.5 Å². The molecule has 0 spiro atoms. The third kappa shape index (κ3) is 6.13. The van der Waals surface area contributed by atoms with Crippen molar-refractivity contribution >= 4 is 28.6 Å². The number of pyridine rings is 1. The van der Waals surface area contributed by atoms with Gasteiger partial charge in [0.2, 0.25) is 5.95 Å². The number of ether oxygens (including phenoxy) is 3. The maximum absolute atomic E-state index is 13.0. The van der Waals surface area contributed by atoms with Crippen LogP contribution in [-0.2, 0) is 17.7 Å². The van der Waals surface area contributed by atoms with Gasteiger partial charge in [-0.1, -0.05) is 11.8 Å². The minimum atomic E-state index is -0.606. The van der Waals surface area contributed by atoms with Crippen molar-refractivity contribution in [1.82, 2.24) is 14.5 Å². The first-order valence-electron chi connectivity index (χ1n) is 13.3. The fraction of sp³-hybridized carbons (Fsp3) is 0.188. The van der Waals surface area contributed by atoms with Crippen molar-refractivity contribution in [3.63, 3.8) is 0 Å². The number of hydrogen-bond donors (Lipinski definition) is 2. The van der Waals surface area contributed by atoms with Crippen LogP contribution in [0.2, 0.25) is 0 Å². The van der Waals surface area contributed by atoms with Crippen LogP contribution in [0.4, 0.5) is 11.8 Å². The summed E-state index contributed by atoms with van der Waals surface area (Å²) in [6.07, 6.45) is 3.54. The van der Waals surface area contributed by atoms with Gasteiger partial charge in [-0.25, -0.2) is 9.78 Å². The number of aromatic nitrogens is 3. The van der Waals surface area contributed by atoms with Crippen LogP contribution in [0.15, 0.2) is 70.2 Å². The van der Waals surface area contributed by atoms with Crippen LogP contribution in [0.25, 0.3) is 10.9 Å². The minimum absolute atomic E-state index is 0.0967. The number of nitrogen functional groups attached to an aromatic ring is 2. The molecule has 11 nitrogen and oxygen atoms in total. The minimum Gasteiger partial charge on any atom is -0.493 e. The first-order valence-corrected chi connectivity index (χ1v) is 13.3. The zero-order valence-electron chi connectivity index (χ0n) is 23.8. The van der Waals surface area contributed by atoms with Crippen molar-refractivity contribution in [3.8, 4) is 23.3 Å². The number of hydrogen-bond acceptors (Lipinski definition) is 10. The monoisotopic (exact) mass is 579 g/mol. The van der Waals surface area contributed by atoms with E-state index in [1.807, 2.05) is 12.1 Å². The van der Waals surface area contributed by atoms with E-state index in [0.717, 1.165) is 5.56 Å². The maximum atomic E-state index is 13.0. The first-order chi connectivity index (χ1) is 20.8. The van der Waals surface area contributed by atoms with E-state index in [4.69, 9.17) is 30.1 Å². The number of fused-ring (bicyclic) bond motifs is 1. The molecule has 218 valence electrons. The van der Waals surface area contributed by atoms with Crippen molar-refractivity contribution in [2.75, 3.05) is 32.3 Å². The van der Waals surface area contributed by atoms with E-state index >= 15 is 0 Å². The molecule has 0 fully saturated rings. The summed E-state index contributed by atoms with van der Waals surface area (Å²) in [6, 6.07) is 13.7. The van der Waals surface area contributed by atoms with Crippen molar-refractivity contribution in [2.45, 2.75) is 19.9 Å². The van der Waals surface area contributed by atoms with Gasteiger partial charge in [-0.15, -0.1) is 0 Å². The second-order valence-electron chi connectivity index (χ2n) is 9.46. The van der Waals surface area contributed by atoms with Gasteiger partial charge < -0.3 is 34.7 Å². The Hall–Kier alpha value is -5.76. The summed E-state index contributed by atoms with van der Waals surface area (Å²) in [5, 5.41) is 0.426. The number of nitrogens with zero attached hydrogens (tertiary/aromatic N) is 3. The Morgan fingerprint density at radius 2 is 1.91 bits per heavy atom. The lowest BCUT2D eigenvalue weighted by Gasteiger charge is -2.15. The highest BCUT2D eigenvalue weighted by molar-refractivity contribution is 5.92. The van der Waals surface area contributed by atoms with Gasteiger partial charge in [0.15, 0.2) is 16.9 Å². The Morgan fingerprint density at radius 3 is 2.60 bits per heavy atom. The van der Waals surface area contributed by atoms with Gasteiger partial charge in [-0.2, -0.15) is 4.98 Å². The molecule has 0 unspecified atom stereocenters. The Morgan fingerprint density at radius 1 is 1.07 bits per heavy atom. The van der Waals surface area contributed by atoms with Crippen molar-refractivity contribution in [2.24, 2.45) is 0 Å². The molecule has 5 rings (SSSR count). The highest BCUT2D eigenvalue weighted by atomic mass is 16.5. The molecule has 11 heteroatoms. The molecule has 43 heavy (non-hydrogen) atoms. The van der Waals surface area contributed by atoms with Gasteiger partial charge in [0.25, 0.3) is 0 Å². The van der Waals surface area contributed by atoms with E-state index in [0.29, 0.717) is 51.3 Å². The topological polar surface area (TPSA) is 158 Å². The lowest BCUT2D eigenvalue weighted by atomic mass is 10.0. The SMILES string of the molecule is CCOC(=O)c1cc(=O)c2ccc(C#Cc3cc(Cc4cnc(N)nc4N)cc(OC)c3OC)cc2n1Cc1ccco1. The Bertz CT molecular complexity index is 1940. The standard InChI is InChI=1S/C32H29N5O6/c1-4-42-31(39)26-16-27(38)24-10-8-19(14-25(24)37(26)18-23-6-5-11-43-23)7-9-21-12-20(15-28(40-2)29(21)41-3)13-22-17-35-32(34)36-30(22)33/h5-6,8,10-12,14-17H,4,13,18H2,1-3H3,(H4,33,34,35,36). The normalized spacial score (nSPS) is 10.7. The molecule has 0 aliphatic carbocycles. The summed E-state index contributed by atoms with van der Waals surface area (Å²) < 4.78 is 23.7. The van der Waals surface area contributed by atoms with Crippen molar-refractivity contribution < 1.29 is 23.4 Å². The van der Waals surface area contributed by atoms with Gasteiger partial charge in [0.05, 0.1) is 44.7 Å². The summed E-state index contributed by atoms with van der Waals surface area (Å²) >= 11 is 0. The van der Waals surface area contributed by atoms with E-state index in [9.17, 15) is 9.59 Å². The van der Waals surface area contributed by atoms with Gasteiger partial charge >= 0.3 is 5.97 Å². The average molecular weight is 580 g/mol. The Labute approximate surface area is 247 Å². The number of benzene rings is 2. The quantitative estimate of drug-likeness (QED) is 0.205. The van der Waals surface area contributed by atoms with Crippen LogP contribution in [-0.4, -0.2) is 41.3 Å². The van der Waals surface area contributed by atoms with Crippen LogP contribution in [0.3, 0.4) is 0 Å². The van der Waals surface area contributed by atoms with Crippen LogP contribution in [0, 0.1) is 11.8 Å². The maximum Gasteiger partial charge on any atom is 0.355 e. The second-order valence-corrected chi connectivity index (χ2v) is 9.46. The Balaban J connectivity index is 1.61. The number of anilines is 2. The van der Waals surface area contributed by atoms with Gasteiger partial charge in [0, 0.05) is 35.2 Å².